The van der Waals surface area contributed by atoms with Gasteiger partial charge >= 0.3 is 0 Å². The van der Waals surface area contributed by atoms with Crippen LogP contribution in [0.5, 0.6) is 5.75 Å². The minimum absolute atomic E-state index is 0.0550. The standard InChI is InChI=1S/C14H18ClNO3/c15-10-3-6-12(14(16)18)13(7-10)19-11-4-1-9(8-17)2-5-11/h3,6-7,9,11,17H,1-2,4-5,8H2,(H2,16,18). The topological polar surface area (TPSA) is 72.6 Å². The zero-order valence-corrected chi connectivity index (χ0v) is 11.4. The van der Waals surface area contributed by atoms with E-state index in [1.807, 2.05) is 0 Å². The van der Waals surface area contributed by atoms with E-state index in [1.165, 1.54) is 0 Å². The molecule has 0 unspecified atom stereocenters. The van der Waals surface area contributed by atoms with Crippen molar-refractivity contribution in [1.82, 2.24) is 0 Å². The summed E-state index contributed by atoms with van der Waals surface area (Å²) in [7, 11) is 0. The first-order chi connectivity index (χ1) is 9.10. The fraction of sp³-hybridized carbons (Fsp3) is 0.500. The lowest BCUT2D eigenvalue weighted by Crippen LogP contribution is -2.26. The van der Waals surface area contributed by atoms with Gasteiger partial charge in [0.25, 0.3) is 5.91 Å². The Morgan fingerprint density at radius 1 is 1.37 bits per heavy atom. The van der Waals surface area contributed by atoms with Gasteiger partial charge < -0.3 is 15.6 Å². The van der Waals surface area contributed by atoms with Crippen molar-refractivity contribution < 1.29 is 14.6 Å². The average molecular weight is 284 g/mol. The molecule has 19 heavy (non-hydrogen) atoms. The summed E-state index contributed by atoms with van der Waals surface area (Å²) in [5.41, 5.74) is 5.67. The van der Waals surface area contributed by atoms with Gasteiger partial charge in [-0.2, -0.15) is 0 Å². The van der Waals surface area contributed by atoms with E-state index in [0.717, 1.165) is 25.7 Å². The molecule has 1 fully saturated rings. The van der Waals surface area contributed by atoms with E-state index in [9.17, 15) is 4.79 Å². The summed E-state index contributed by atoms with van der Waals surface area (Å²) in [4.78, 5) is 11.3. The molecule has 0 saturated heterocycles. The average Bonchev–Trinajstić information content (AvgIpc) is 2.39. The molecule has 4 nitrogen and oxygen atoms in total. The van der Waals surface area contributed by atoms with E-state index in [0.29, 0.717) is 22.3 Å². The Morgan fingerprint density at radius 3 is 2.63 bits per heavy atom. The summed E-state index contributed by atoms with van der Waals surface area (Å²) >= 11 is 5.92. The lowest BCUT2D eigenvalue weighted by Gasteiger charge is -2.28. The molecule has 0 atom stereocenters. The Hall–Kier alpha value is -1.26. The summed E-state index contributed by atoms with van der Waals surface area (Å²) in [6.45, 7) is 0.233. The number of rotatable bonds is 4. The smallest absolute Gasteiger partial charge is 0.252 e. The van der Waals surface area contributed by atoms with Crippen molar-refractivity contribution in [3.8, 4) is 5.75 Å². The number of hydrogen-bond acceptors (Lipinski definition) is 3. The number of hydrogen-bond donors (Lipinski definition) is 2. The molecule has 104 valence electrons. The third-order valence-electron chi connectivity index (χ3n) is 3.55. The molecule has 1 aromatic carbocycles. The zero-order valence-electron chi connectivity index (χ0n) is 10.6. The first-order valence-corrected chi connectivity index (χ1v) is 6.85. The second-order valence-corrected chi connectivity index (χ2v) is 5.38. The molecule has 1 aromatic rings. The fourth-order valence-corrected chi connectivity index (χ4v) is 2.57. The van der Waals surface area contributed by atoms with E-state index < -0.39 is 5.91 Å². The molecular weight excluding hydrogens is 266 g/mol. The van der Waals surface area contributed by atoms with Gasteiger partial charge in [0.15, 0.2) is 0 Å². The maximum Gasteiger partial charge on any atom is 0.252 e. The van der Waals surface area contributed by atoms with Crippen LogP contribution in [0.1, 0.15) is 36.0 Å². The normalized spacial score (nSPS) is 23.1. The van der Waals surface area contributed by atoms with Crippen LogP contribution in [0.2, 0.25) is 5.02 Å². The van der Waals surface area contributed by atoms with Crippen molar-refractivity contribution >= 4 is 17.5 Å². The number of carbonyl (C=O) groups excluding carboxylic acids is 1. The molecule has 0 aromatic heterocycles. The van der Waals surface area contributed by atoms with Crippen LogP contribution < -0.4 is 10.5 Å². The van der Waals surface area contributed by atoms with E-state index >= 15 is 0 Å². The lowest BCUT2D eigenvalue weighted by atomic mass is 9.88. The number of carbonyl (C=O) groups is 1. The second kappa shape index (κ2) is 6.26. The van der Waals surface area contributed by atoms with Crippen LogP contribution in [0.15, 0.2) is 18.2 Å². The number of amides is 1. The highest BCUT2D eigenvalue weighted by Crippen LogP contribution is 2.30. The van der Waals surface area contributed by atoms with Crippen LogP contribution in [0, 0.1) is 5.92 Å². The van der Waals surface area contributed by atoms with Crippen LogP contribution in [0.3, 0.4) is 0 Å². The molecule has 1 aliphatic carbocycles. The second-order valence-electron chi connectivity index (χ2n) is 4.95. The molecule has 0 aliphatic heterocycles. The highest BCUT2D eigenvalue weighted by molar-refractivity contribution is 6.30. The molecule has 0 heterocycles. The van der Waals surface area contributed by atoms with Crippen LogP contribution in [-0.4, -0.2) is 23.7 Å². The van der Waals surface area contributed by atoms with E-state index in [4.69, 9.17) is 27.2 Å². The SMILES string of the molecule is NC(=O)c1ccc(Cl)cc1OC1CCC(CO)CC1. The van der Waals surface area contributed by atoms with E-state index in [-0.39, 0.29) is 12.7 Å². The van der Waals surface area contributed by atoms with Crippen molar-refractivity contribution in [3.05, 3.63) is 28.8 Å². The van der Waals surface area contributed by atoms with Gasteiger partial charge in [0.05, 0.1) is 11.7 Å². The summed E-state index contributed by atoms with van der Waals surface area (Å²) in [5, 5.41) is 9.62. The Bertz CT molecular complexity index is 456. The maximum atomic E-state index is 11.3. The summed E-state index contributed by atoms with van der Waals surface area (Å²) in [5.74, 6) is 0.304. The molecular formula is C14H18ClNO3. The van der Waals surface area contributed by atoms with Crippen molar-refractivity contribution in [2.45, 2.75) is 31.8 Å². The minimum atomic E-state index is -0.518. The molecule has 3 N–H and O–H groups in total. The van der Waals surface area contributed by atoms with Gasteiger partial charge in [-0.25, -0.2) is 0 Å². The fourth-order valence-electron chi connectivity index (χ4n) is 2.41. The van der Waals surface area contributed by atoms with Crippen LogP contribution in [0.25, 0.3) is 0 Å². The number of halogens is 1. The third kappa shape index (κ3) is 3.61. The van der Waals surface area contributed by atoms with Gasteiger partial charge in [-0.1, -0.05) is 11.6 Å². The van der Waals surface area contributed by atoms with Crippen molar-refractivity contribution in [3.63, 3.8) is 0 Å². The molecule has 2 rings (SSSR count). The van der Waals surface area contributed by atoms with Gasteiger partial charge in [-0.05, 0) is 49.8 Å². The van der Waals surface area contributed by atoms with Gasteiger partial charge in [-0.15, -0.1) is 0 Å². The molecule has 5 heteroatoms. The first kappa shape index (κ1) is 14.2. The van der Waals surface area contributed by atoms with Gasteiger partial charge in [-0.3, -0.25) is 4.79 Å². The first-order valence-electron chi connectivity index (χ1n) is 6.47. The quantitative estimate of drug-likeness (QED) is 0.891. The largest absolute Gasteiger partial charge is 0.490 e. The predicted octanol–water partition coefficient (Wildman–Crippen LogP) is 2.37. The number of primary amides is 1. The van der Waals surface area contributed by atoms with Crippen molar-refractivity contribution in [1.29, 1.82) is 0 Å². The number of aliphatic hydroxyl groups is 1. The third-order valence-corrected chi connectivity index (χ3v) is 3.79. The van der Waals surface area contributed by atoms with Gasteiger partial charge in [0.2, 0.25) is 0 Å². The Morgan fingerprint density at radius 2 is 2.05 bits per heavy atom. The summed E-state index contributed by atoms with van der Waals surface area (Å²) < 4.78 is 5.85. The summed E-state index contributed by atoms with van der Waals surface area (Å²) in [6, 6.07) is 4.83. The Balaban J connectivity index is 2.06. The Kier molecular flexibility index (Phi) is 4.66. The molecule has 1 saturated carbocycles. The van der Waals surface area contributed by atoms with Crippen LogP contribution >= 0.6 is 11.6 Å². The number of ether oxygens (including phenoxy) is 1. The molecule has 1 aliphatic rings. The zero-order chi connectivity index (χ0) is 13.8. The number of aliphatic hydroxyl groups excluding tert-OH is 1. The lowest BCUT2D eigenvalue weighted by molar-refractivity contribution is 0.0953. The minimum Gasteiger partial charge on any atom is -0.490 e. The van der Waals surface area contributed by atoms with Crippen LogP contribution in [0.4, 0.5) is 0 Å². The highest BCUT2D eigenvalue weighted by Gasteiger charge is 2.23. The Labute approximate surface area is 117 Å². The molecule has 1 amide bonds. The monoisotopic (exact) mass is 283 g/mol. The number of nitrogens with two attached hydrogens (primary N) is 1. The van der Waals surface area contributed by atoms with Crippen molar-refractivity contribution in [2.75, 3.05) is 6.61 Å². The maximum absolute atomic E-state index is 11.3. The molecule has 0 bridgehead atoms. The van der Waals surface area contributed by atoms with Crippen molar-refractivity contribution in [2.24, 2.45) is 11.7 Å². The molecule has 0 radical (unpaired) electrons. The number of benzene rings is 1. The van der Waals surface area contributed by atoms with Gasteiger partial charge in [0.1, 0.15) is 5.75 Å². The summed E-state index contributed by atoms with van der Waals surface area (Å²) in [6.07, 6.45) is 3.67. The predicted molar refractivity (Wildman–Crippen MR) is 73.4 cm³/mol. The van der Waals surface area contributed by atoms with E-state index in [2.05, 4.69) is 0 Å². The highest BCUT2D eigenvalue weighted by atomic mass is 35.5. The molecule has 0 spiro atoms. The van der Waals surface area contributed by atoms with Crippen LogP contribution in [-0.2, 0) is 0 Å². The van der Waals surface area contributed by atoms with E-state index in [1.54, 1.807) is 18.2 Å². The van der Waals surface area contributed by atoms with Gasteiger partial charge in [0, 0.05) is 11.6 Å².